The van der Waals surface area contributed by atoms with Gasteiger partial charge in [-0.2, -0.15) is 0 Å². The smallest absolute Gasteiger partial charge is 0.328 e. The summed E-state index contributed by atoms with van der Waals surface area (Å²) in [4.78, 5) is 24.8. The molecule has 2 aliphatic rings. The SMILES string of the molecule is C[NH+]1[C@H]2CC[C@@H]1C=C(c1ccc(Cl)nc1)C2.O=C([O-])/C=C\C(=O)O. The number of likely N-dealkylation sites (N-methyl/N-ethyl adjacent to an activating group) is 1. The number of aliphatic carboxylic acids is 2. The van der Waals surface area contributed by atoms with Gasteiger partial charge in [0.1, 0.15) is 11.2 Å². The third-order valence-corrected chi connectivity index (χ3v) is 4.61. The molecule has 0 spiro atoms. The highest BCUT2D eigenvalue weighted by molar-refractivity contribution is 6.29. The van der Waals surface area contributed by atoms with E-state index in [1.54, 1.807) is 4.90 Å². The minimum absolute atomic E-state index is 0.447. The van der Waals surface area contributed by atoms with Crippen LogP contribution in [0.25, 0.3) is 5.57 Å². The van der Waals surface area contributed by atoms with Crippen molar-refractivity contribution < 1.29 is 24.7 Å². The van der Waals surface area contributed by atoms with Gasteiger partial charge in [-0.05, 0) is 29.4 Å². The van der Waals surface area contributed by atoms with Crippen molar-refractivity contribution >= 4 is 29.1 Å². The summed E-state index contributed by atoms with van der Waals surface area (Å²) in [6.07, 6.45) is 9.15. The molecule has 128 valence electrons. The molecule has 6 nitrogen and oxygen atoms in total. The topological polar surface area (TPSA) is 94.8 Å². The van der Waals surface area contributed by atoms with E-state index in [1.165, 1.54) is 30.4 Å². The van der Waals surface area contributed by atoms with Crippen LogP contribution in [0.4, 0.5) is 0 Å². The Morgan fingerprint density at radius 3 is 2.62 bits per heavy atom. The molecule has 0 aliphatic carbocycles. The number of fused-ring (bicyclic) bond motifs is 2. The molecule has 2 aliphatic heterocycles. The number of quaternary nitrogens is 1. The number of aromatic nitrogens is 1. The summed E-state index contributed by atoms with van der Waals surface area (Å²) in [6.45, 7) is 0. The highest BCUT2D eigenvalue weighted by Crippen LogP contribution is 2.28. The Hall–Kier alpha value is -2.18. The normalized spacial score (nSPS) is 24.9. The van der Waals surface area contributed by atoms with E-state index in [0.29, 0.717) is 23.3 Å². The number of hydrogen-bond acceptors (Lipinski definition) is 4. The highest BCUT2D eigenvalue weighted by atomic mass is 35.5. The molecule has 1 aromatic heterocycles. The average Bonchev–Trinajstić information content (AvgIpc) is 2.75. The first-order chi connectivity index (χ1) is 11.4. The van der Waals surface area contributed by atoms with Crippen molar-refractivity contribution in [3.63, 3.8) is 0 Å². The average molecular weight is 351 g/mol. The summed E-state index contributed by atoms with van der Waals surface area (Å²) < 4.78 is 0. The number of carboxylic acids is 2. The number of nitrogens with zero attached hydrogens (tertiary/aromatic N) is 1. The zero-order valence-corrected chi connectivity index (χ0v) is 14.0. The number of carboxylic acid groups (broad SMARTS) is 2. The van der Waals surface area contributed by atoms with Crippen molar-refractivity contribution in [2.45, 2.75) is 31.3 Å². The Balaban J connectivity index is 0.000000224. The van der Waals surface area contributed by atoms with Gasteiger partial charge < -0.3 is 19.9 Å². The molecule has 1 saturated heterocycles. The van der Waals surface area contributed by atoms with Gasteiger partial charge in [0.25, 0.3) is 0 Å². The number of halogens is 1. The second kappa shape index (κ2) is 8.08. The Labute approximate surface area is 145 Å². The summed E-state index contributed by atoms with van der Waals surface area (Å²) in [6, 6.07) is 5.48. The summed E-state index contributed by atoms with van der Waals surface area (Å²) in [5.74, 6) is -2.80. The minimum atomic E-state index is -1.51. The van der Waals surface area contributed by atoms with E-state index in [2.05, 4.69) is 24.2 Å². The summed E-state index contributed by atoms with van der Waals surface area (Å²) in [5, 5.41) is 17.8. The van der Waals surface area contributed by atoms with Gasteiger partial charge in [-0.1, -0.05) is 17.7 Å². The lowest BCUT2D eigenvalue weighted by Crippen LogP contribution is -3.14. The van der Waals surface area contributed by atoms with Crippen LogP contribution in [0.2, 0.25) is 5.15 Å². The fraction of sp³-hybridized carbons (Fsp3) is 0.353. The number of nitrogens with one attached hydrogen (secondary N) is 1. The molecular weight excluding hydrogens is 332 g/mol. The first kappa shape index (κ1) is 18.2. The maximum atomic E-state index is 9.53. The molecule has 7 heteroatoms. The molecule has 1 aromatic rings. The molecule has 3 rings (SSSR count). The predicted octanol–water partition coefficient (Wildman–Crippen LogP) is -0.0551. The Kier molecular flexibility index (Phi) is 6.11. The maximum Gasteiger partial charge on any atom is 0.328 e. The van der Waals surface area contributed by atoms with Crippen LogP contribution >= 0.6 is 11.6 Å². The van der Waals surface area contributed by atoms with Crippen molar-refractivity contribution in [1.29, 1.82) is 0 Å². The van der Waals surface area contributed by atoms with E-state index >= 15 is 0 Å². The van der Waals surface area contributed by atoms with E-state index < -0.39 is 11.9 Å². The highest BCUT2D eigenvalue weighted by Gasteiger charge is 2.37. The van der Waals surface area contributed by atoms with Gasteiger partial charge in [-0.3, -0.25) is 0 Å². The van der Waals surface area contributed by atoms with Crippen molar-refractivity contribution in [3.05, 3.63) is 47.3 Å². The fourth-order valence-electron chi connectivity index (χ4n) is 3.11. The number of hydrogen-bond donors (Lipinski definition) is 2. The number of carbonyl (C=O) groups excluding carboxylic acids is 1. The largest absolute Gasteiger partial charge is 0.545 e. The van der Waals surface area contributed by atoms with Crippen molar-refractivity contribution in [2.24, 2.45) is 0 Å². The molecule has 3 atom stereocenters. The van der Waals surface area contributed by atoms with E-state index in [4.69, 9.17) is 16.7 Å². The van der Waals surface area contributed by atoms with Gasteiger partial charge >= 0.3 is 5.97 Å². The van der Waals surface area contributed by atoms with Crippen LogP contribution in [-0.4, -0.2) is 41.2 Å². The van der Waals surface area contributed by atoms with Gasteiger partial charge in [-0.25, -0.2) is 9.78 Å². The van der Waals surface area contributed by atoms with Gasteiger partial charge in [0.2, 0.25) is 0 Å². The van der Waals surface area contributed by atoms with Crippen molar-refractivity contribution in [3.8, 4) is 0 Å². The first-order valence-corrected chi connectivity index (χ1v) is 8.02. The van der Waals surface area contributed by atoms with Crippen LogP contribution in [0, 0.1) is 0 Å². The zero-order valence-electron chi connectivity index (χ0n) is 13.2. The molecule has 0 aromatic carbocycles. The van der Waals surface area contributed by atoms with E-state index in [9.17, 15) is 14.7 Å². The summed E-state index contributed by atoms with van der Waals surface area (Å²) in [7, 11) is 2.32. The molecule has 2 N–H and O–H groups in total. The first-order valence-electron chi connectivity index (χ1n) is 7.64. The molecule has 0 amide bonds. The molecule has 24 heavy (non-hydrogen) atoms. The second-order valence-corrected chi connectivity index (χ2v) is 6.27. The number of pyridine rings is 1. The molecule has 0 radical (unpaired) electrons. The van der Waals surface area contributed by atoms with Crippen molar-refractivity contribution in [1.82, 2.24) is 4.98 Å². The Morgan fingerprint density at radius 1 is 1.38 bits per heavy atom. The van der Waals surface area contributed by atoms with E-state index in [0.717, 1.165) is 6.04 Å². The molecule has 3 heterocycles. The quantitative estimate of drug-likeness (QED) is 0.588. The minimum Gasteiger partial charge on any atom is -0.545 e. The van der Waals surface area contributed by atoms with E-state index in [-0.39, 0.29) is 0 Å². The van der Waals surface area contributed by atoms with E-state index in [1.807, 2.05) is 12.3 Å². The van der Waals surface area contributed by atoms with Crippen LogP contribution in [-0.2, 0) is 9.59 Å². The van der Waals surface area contributed by atoms with Crippen LogP contribution in [0.1, 0.15) is 24.8 Å². The lowest BCUT2D eigenvalue weighted by Gasteiger charge is -2.27. The van der Waals surface area contributed by atoms with Crippen LogP contribution in [0.3, 0.4) is 0 Å². The lowest BCUT2D eigenvalue weighted by atomic mass is 9.96. The zero-order chi connectivity index (χ0) is 17.7. The van der Waals surface area contributed by atoms with Gasteiger partial charge in [0.15, 0.2) is 0 Å². The second-order valence-electron chi connectivity index (χ2n) is 5.88. The molecule has 1 fully saturated rings. The monoisotopic (exact) mass is 350 g/mol. The van der Waals surface area contributed by atoms with Crippen LogP contribution in [0.15, 0.2) is 36.6 Å². The molecule has 0 saturated carbocycles. The number of carbonyl (C=O) groups is 2. The summed E-state index contributed by atoms with van der Waals surface area (Å²) in [5.41, 5.74) is 2.70. The maximum absolute atomic E-state index is 9.53. The van der Waals surface area contributed by atoms with Crippen LogP contribution < -0.4 is 10.0 Å². The lowest BCUT2D eigenvalue weighted by molar-refractivity contribution is -0.911. The van der Waals surface area contributed by atoms with Crippen LogP contribution in [0.5, 0.6) is 0 Å². The third-order valence-electron chi connectivity index (χ3n) is 4.38. The van der Waals surface area contributed by atoms with Gasteiger partial charge in [0.05, 0.1) is 19.1 Å². The Bertz CT molecular complexity index is 654. The standard InChI is InChI=1S/C13H15ClN2.C4H4O4/c1-16-11-3-4-12(16)7-10(6-11)9-2-5-13(14)15-8-9;5-3(6)1-2-4(7)8/h2,5-6,8,11-12H,3-4,7H2,1H3;1-2H,(H,5,6)(H,7,8)/b;2-1-/t11-,12+;/m1./s1. The third kappa shape index (κ3) is 4.91. The Morgan fingerprint density at radius 2 is 2.12 bits per heavy atom. The number of rotatable bonds is 3. The predicted molar refractivity (Wildman–Crippen MR) is 87.3 cm³/mol. The molecule has 1 unspecified atom stereocenters. The van der Waals surface area contributed by atoms with Crippen molar-refractivity contribution in [2.75, 3.05) is 7.05 Å². The van der Waals surface area contributed by atoms with Gasteiger partial charge in [-0.15, -0.1) is 0 Å². The molecule has 2 bridgehead atoms. The summed E-state index contributed by atoms with van der Waals surface area (Å²) >= 11 is 5.81. The fourth-order valence-corrected chi connectivity index (χ4v) is 3.22. The molecular formula is C17H19ClN2O4. The van der Waals surface area contributed by atoms with Gasteiger partial charge in [0, 0.05) is 31.5 Å².